The molecule has 0 spiro atoms. The average Bonchev–Trinajstić information content (AvgIpc) is 2.03. The van der Waals surface area contributed by atoms with Crippen molar-refractivity contribution in [2.45, 2.75) is 22.7 Å². The molecular weight excluding hydrogens is 244 g/mol. The Labute approximate surface area is 98.9 Å². The molecule has 0 heterocycles. The molecule has 0 bridgehead atoms. The quantitative estimate of drug-likeness (QED) is 0.595. The summed E-state index contributed by atoms with van der Waals surface area (Å²) in [6.07, 6.45) is 4.59. The summed E-state index contributed by atoms with van der Waals surface area (Å²) in [5.41, 5.74) is 0. The van der Waals surface area contributed by atoms with Crippen LogP contribution in [0.3, 0.4) is 0 Å². The van der Waals surface area contributed by atoms with E-state index in [9.17, 15) is 4.79 Å². The van der Waals surface area contributed by atoms with Gasteiger partial charge in [-0.1, -0.05) is 47.0 Å². The lowest BCUT2D eigenvalue weighted by Crippen LogP contribution is -2.41. The van der Waals surface area contributed by atoms with Crippen molar-refractivity contribution in [3.63, 3.8) is 0 Å². The van der Waals surface area contributed by atoms with E-state index in [1.807, 2.05) is 0 Å². The Morgan fingerprint density at radius 2 is 1.71 bits per heavy atom. The van der Waals surface area contributed by atoms with Crippen molar-refractivity contribution in [3.8, 4) is 0 Å². The highest BCUT2D eigenvalue weighted by Gasteiger charge is 2.31. The molecule has 1 N–H and O–H groups in total. The van der Waals surface area contributed by atoms with Gasteiger partial charge in [0.25, 0.3) is 9.70 Å². The number of hydrogen-bond donors (Lipinski definition) is 1. The SMILES string of the molecule is C=CCC(CC=C)NC(=O)C(Cl)(Cl)Cl. The van der Waals surface area contributed by atoms with Gasteiger partial charge in [-0.3, -0.25) is 4.79 Å². The topological polar surface area (TPSA) is 29.1 Å². The minimum absolute atomic E-state index is 0.117. The number of carbonyl (C=O) groups excluding carboxylic acids is 1. The molecule has 0 aromatic heterocycles. The van der Waals surface area contributed by atoms with Crippen molar-refractivity contribution < 1.29 is 4.79 Å². The summed E-state index contributed by atoms with van der Waals surface area (Å²) in [6.45, 7) is 7.14. The number of amides is 1. The fourth-order valence-corrected chi connectivity index (χ4v) is 1.05. The van der Waals surface area contributed by atoms with Crippen LogP contribution in [0.5, 0.6) is 0 Å². The Hall–Kier alpha value is -0.180. The highest BCUT2D eigenvalue weighted by molar-refractivity contribution is 6.76. The van der Waals surface area contributed by atoms with Crippen molar-refractivity contribution in [2.75, 3.05) is 0 Å². The van der Waals surface area contributed by atoms with E-state index in [2.05, 4.69) is 18.5 Å². The Balaban J connectivity index is 4.21. The maximum atomic E-state index is 11.2. The first kappa shape index (κ1) is 13.8. The standard InChI is InChI=1S/C9H12Cl3NO/c1-3-5-7(6-4-2)13-8(14)9(10,11)12/h3-4,7H,1-2,5-6H2,(H,13,14). The predicted molar refractivity (Wildman–Crippen MR) is 61.8 cm³/mol. The zero-order valence-electron chi connectivity index (χ0n) is 7.60. The van der Waals surface area contributed by atoms with Crippen LogP contribution < -0.4 is 5.32 Å². The van der Waals surface area contributed by atoms with Gasteiger partial charge in [0.05, 0.1) is 0 Å². The molecular formula is C9H12Cl3NO. The van der Waals surface area contributed by atoms with Gasteiger partial charge in [-0.05, 0) is 12.8 Å². The summed E-state index contributed by atoms with van der Waals surface area (Å²) in [4.78, 5) is 11.2. The number of alkyl halides is 3. The predicted octanol–water partition coefficient (Wildman–Crippen LogP) is 2.99. The van der Waals surface area contributed by atoms with Gasteiger partial charge in [0.15, 0.2) is 0 Å². The highest BCUT2D eigenvalue weighted by atomic mass is 35.6. The van der Waals surface area contributed by atoms with Gasteiger partial charge in [0.2, 0.25) is 0 Å². The third kappa shape index (κ3) is 5.53. The first-order chi connectivity index (χ1) is 6.41. The molecule has 0 saturated heterocycles. The second kappa shape index (κ2) is 6.33. The molecule has 0 unspecified atom stereocenters. The largest absolute Gasteiger partial charge is 0.349 e. The molecule has 0 aliphatic heterocycles. The number of nitrogens with one attached hydrogen (secondary N) is 1. The van der Waals surface area contributed by atoms with Crippen LogP contribution in [0.25, 0.3) is 0 Å². The van der Waals surface area contributed by atoms with Crippen LogP contribution in [0.15, 0.2) is 25.3 Å². The summed E-state index contributed by atoms with van der Waals surface area (Å²) in [7, 11) is 0. The smallest absolute Gasteiger partial charge is 0.272 e. The van der Waals surface area contributed by atoms with Crippen molar-refractivity contribution in [1.29, 1.82) is 0 Å². The molecule has 0 fully saturated rings. The fourth-order valence-electron chi connectivity index (χ4n) is 0.884. The first-order valence-corrected chi connectivity index (χ1v) is 5.14. The summed E-state index contributed by atoms with van der Waals surface area (Å²) in [5, 5.41) is 2.58. The lowest BCUT2D eigenvalue weighted by molar-refractivity contribution is -0.120. The zero-order valence-corrected chi connectivity index (χ0v) is 9.87. The van der Waals surface area contributed by atoms with E-state index in [1.165, 1.54) is 0 Å². The summed E-state index contributed by atoms with van der Waals surface area (Å²) >= 11 is 16.2. The van der Waals surface area contributed by atoms with E-state index in [1.54, 1.807) is 12.2 Å². The van der Waals surface area contributed by atoms with Crippen LogP contribution in [0.1, 0.15) is 12.8 Å². The second-order valence-corrected chi connectivity index (χ2v) is 5.00. The Morgan fingerprint density at radius 1 is 1.29 bits per heavy atom. The molecule has 2 nitrogen and oxygen atoms in total. The van der Waals surface area contributed by atoms with Gasteiger partial charge >= 0.3 is 0 Å². The maximum absolute atomic E-state index is 11.2. The van der Waals surface area contributed by atoms with Crippen molar-refractivity contribution in [1.82, 2.24) is 5.32 Å². The lowest BCUT2D eigenvalue weighted by atomic mass is 10.1. The van der Waals surface area contributed by atoms with Crippen molar-refractivity contribution in [2.24, 2.45) is 0 Å². The molecule has 0 aromatic carbocycles. The van der Waals surface area contributed by atoms with E-state index in [0.717, 1.165) is 0 Å². The van der Waals surface area contributed by atoms with Gasteiger partial charge in [-0.15, -0.1) is 13.2 Å². The lowest BCUT2D eigenvalue weighted by Gasteiger charge is -2.18. The maximum Gasteiger partial charge on any atom is 0.272 e. The van der Waals surface area contributed by atoms with Crippen LogP contribution in [0.2, 0.25) is 0 Å². The fraction of sp³-hybridized carbons (Fsp3) is 0.444. The monoisotopic (exact) mass is 255 g/mol. The van der Waals surface area contributed by atoms with Crippen LogP contribution in [-0.2, 0) is 4.79 Å². The molecule has 5 heteroatoms. The molecule has 80 valence electrons. The molecule has 0 radical (unpaired) electrons. The highest BCUT2D eigenvalue weighted by Crippen LogP contribution is 2.26. The average molecular weight is 257 g/mol. The summed E-state index contributed by atoms with van der Waals surface area (Å²) in [6, 6.07) is -0.117. The van der Waals surface area contributed by atoms with Gasteiger partial charge in [0.1, 0.15) is 0 Å². The molecule has 0 rings (SSSR count). The molecule has 0 saturated carbocycles. The number of rotatable bonds is 5. The summed E-state index contributed by atoms with van der Waals surface area (Å²) in [5.74, 6) is -0.629. The van der Waals surface area contributed by atoms with Gasteiger partial charge < -0.3 is 5.32 Å². The molecule has 0 aromatic rings. The molecule has 1 amide bonds. The van der Waals surface area contributed by atoms with E-state index >= 15 is 0 Å². The second-order valence-electron chi connectivity index (χ2n) is 2.72. The van der Waals surface area contributed by atoms with Crippen LogP contribution in [0.4, 0.5) is 0 Å². The van der Waals surface area contributed by atoms with Crippen LogP contribution in [0, 0.1) is 0 Å². The van der Waals surface area contributed by atoms with E-state index < -0.39 is 9.70 Å². The Morgan fingerprint density at radius 3 is 2.00 bits per heavy atom. The van der Waals surface area contributed by atoms with E-state index in [0.29, 0.717) is 12.8 Å². The van der Waals surface area contributed by atoms with E-state index in [-0.39, 0.29) is 6.04 Å². The minimum atomic E-state index is -1.92. The van der Waals surface area contributed by atoms with Crippen LogP contribution >= 0.6 is 34.8 Å². The number of halogens is 3. The van der Waals surface area contributed by atoms with Crippen LogP contribution in [-0.4, -0.2) is 15.7 Å². The number of carbonyl (C=O) groups is 1. The van der Waals surface area contributed by atoms with E-state index in [4.69, 9.17) is 34.8 Å². The van der Waals surface area contributed by atoms with Crippen molar-refractivity contribution >= 4 is 40.7 Å². The first-order valence-electron chi connectivity index (χ1n) is 4.01. The Kier molecular flexibility index (Phi) is 6.25. The molecule has 14 heavy (non-hydrogen) atoms. The Bertz CT molecular complexity index is 213. The normalized spacial score (nSPS) is 11.1. The van der Waals surface area contributed by atoms with Gasteiger partial charge in [-0.25, -0.2) is 0 Å². The minimum Gasteiger partial charge on any atom is -0.349 e. The van der Waals surface area contributed by atoms with Gasteiger partial charge in [-0.2, -0.15) is 0 Å². The molecule has 0 aliphatic rings. The third-order valence-corrected chi connectivity index (χ3v) is 2.01. The number of hydrogen-bond acceptors (Lipinski definition) is 1. The zero-order chi connectivity index (χ0) is 11.2. The third-order valence-electron chi connectivity index (χ3n) is 1.50. The molecule has 0 aliphatic carbocycles. The summed E-state index contributed by atoms with van der Waals surface area (Å²) < 4.78 is -1.92. The molecule has 0 atom stereocenters. The van der Waals surface area contributed by atoms with Crippen molar-refractivity contribution in [3.05, 3.63) is 25.3 Å². The van der Waals surface area contributed by atoms with Gasteiger partial charge in [0, 0.05) is 6.04 Å².